The van der Waals surface area contributed by atoms with Crippen molar-refractivity contribution in [2.24, 2.45) is 0 Å². The molecule has 6 heteroatoms. The summed E-state index contributed by atoms with van der Waals surface area (Å²) in [5, 5.41) is 0.856. The second kappa shape index (κ2) is 4.95. The van der Waals surface area contributed by atoms with E-state index in [0.29, 0.717) is 32.9 Å². The van der Waals surface area contributed by atoms with Crippen LogP contribution in [-0.4, -0.2) is 22.4 Å². The Morgan fingerprint density at radius 1 is 1.21 bits per heavy atom. The lowest BCUT2D eigenvalue weighted by Crippen LogP contribution is -2.21. The maximum absolute atomic E-state index is 12.8. The topological polar surface area (TPSA) is 55.2 Å². The van der Waals surface area contributed by atoms with Crippen LogP contribution in [0.2, 0.25) is 5.02 Å². The van der Waals surface area contributed by atoms with Gasteiger partial charge in [0, 0.05) is 18.1 Å². The number of fused-ring (bicyclic) bond motifs is 4. The van der Waals surface area contributed by atoms with E-state index in [1.165, 1.54) is 4.57 Å². The Morgan fingerprint density at radius 3 is 2.75 bits per heavy atom. The molecule has 0 radical (unpaired) electrons. The van der Waals surface area contributed by atoms with Gasteiger partial charge in [0.1, 0.15) is 0 Å². The molecular weight excluding hydrogens is 326 g/mol. The maximum atomic E-state index is 12.8. The van der Waals surface area contributed by atoms with Crippen molar-refractivity contribution in [1.29, 1.82) is 0 Å². The van der Waals surface area contributed by atoms with Gasteiger partial charge in [-0.3, -0.25) is 14.2 Å². The number of halogens is 1. The molecule has 116 valence electrons. The summed E-state index contributed by atoms with van der Waals surface area (Å²) in [5.41, 5.74) is 1.73. The zero-order valence-corrected chi connectivity index (χ0v) is 13.3. The number of aromatic nitrogens is 2. The van der Waals surface area contributed by atoms with Crippen LogP contribution in [0.5, 0.6) is 0 Å². The Kier molecular flexibility index (Phi) is 2.99. The van der Waals surface area contributed by atoms with Crippen molar-refractivity contribution in [1.82, 2.24) is 9.55 Å². The largest absolute Gasteiger partial charge is 0.305 e. The number of benzene rings is 2. The molecule has 2 aromatic carbocycles. The van der Waals surface area contributed by atoms with Crippen molar-refractivity contribution in [3.63, 3.8) is 0 Å². The molecule has 0 fully saturated rings. The van der Waals surface area contributed by atoms with Gasteiger partial charge in [-0.05, 0) is 36.4 Å². The minimum absolute atomic E-state index is 0.0882. The minimum Gasteiger partial charge on any atom is -0.305 e. The van der Waals surface area contributed by atoms with Crippen molar-refractivity contribution in [3.05, 3.63) is 63.2 Å². The normalized spacial score (nSPS) is 12.0. The van der Waals surface area contributed by atoms with E-state index in [0.717, 1.165) is 0 Å². The van der Waals surface area contributed by atoms with Crippen LogP contribution in [0, 0.1) is 12.5 Å². The highest BCUT2D eigenvalue weighted by atomic mass is 35.5. The monoisotopic (exact) mass is 335 g/mol. The summed E-state index contributed by atoms with van der Waals surface area (Å²) >= 11 is 5.96. The van der Waals surface area contributed by atoms with Crippen LogP contribution in [0.1, 0.15) is 16.2 Å². The molecule has 0 saturated heterocycles. The zero-order chi connectivity index (χ0) is 17.0. The molecule has 0 unspecified atom stereocenters. The second-order valence-electron chi connectivity index (χ2n) is 5.46. The number of anilines is 1. The third kappa shape index (κ3) is 1.87. The van der Waals surface area contributed by atoms with Gasteiger partial charge in [0.05, 0.1) is 27.8 Å². The van der Waals surface area contributed by atoms with Crippen LogP contribution >= 0.6 is 11.6 Å². The SMILES string of the molecule is C#CN(C)c1ccc2c(=O)n3c(nc2c1)C(=O)c1cc(Cl)ccc1-3. The van der Waals surface area contributed by atoms with E-state index in [1.54, 1.807) is 48.3 Å². The maximum Gasteiger partial charge on any atom is 0.266 e. The third-order valence-electron chi connectivity index (χ3n) is 4.08. The molecule has 3 aromatic rings. The average molecular weight is 336 g/mol. The molecule has 0 atom stereocenters. The third-order valence-corrected chi connectivity index (χ3v) is 4.32. The predicted octanol–water partition coefficient (Wildman–Crippen LogP) is 2.61. The van der Waals surface area contributed by atoms with E-state index in [4.69, 9.17) is 18.0 Å². The Balaban J connectivity index is 2.05. The quantitative estimate of drug-likeness (QED) is 0.396. The first-order valence-corrected chi connectivity index (χ1v) is 7.50. The standard InChI is InChI=1S/C18H10ClN3O2/c1-3-21(2)11-5-6-12-14(9-11)20-17-16(23)13-8-10(19)4-7-15(13)22(17)18(12)24/h1,4-9H,2H3. The van der Waals surface area contributed by atoms with Crippen molar-refractivity contribution in [3.8, 4) is 18.2 Å². The Hall–Kier alpha value is -3.10. The van der Waals surface area contributed by atoms with Crippen LogP contribution in [0.15, 0.2) is 41.2 Å². The molecule has 0 saturated carbocycles. The lowest BCUT2D eigenvalue weighted by molar-refractivity contribution is 0.103. The molecule has 1 aromatic heterocycles. The van der Waals surface area contributed by atoms with E-state index in [2.05, 4.69) is 11.0 Å². The first-order chi connectivity index (χ1) is 11.5. The van der Waals surface area contributed by atoms with Gasteiger partial charge in [-0.25, -0.2) is 4.98 Å². The Labute approximate surface area is 142 Å². The number of rotatable bonds is 1. The molecule has 24 heavy (non-hydrogen) atoms. The van der Waals surface area contributed by atoms with Gasteiger partial charge in [-0.1, -0.05) is 18.0 Å². The smallest absolute Gasteiger partial charge is 0.266 e. The second-order valence-corrected chi connectivity index (χ2v) is 5.89. The van der Waals surface area contributed by atoms with Gasteiger partial charge < -0.3 is 4.90 Å². The van der Waals surface area contributed by atoms with Gasteiger partial charge in [-0.2, -0.15) is 0 Å². The van der Waals surface area contributed by atoms with Gasteiger partial charge in [0.15, 0.2) is 5.82 Å². The number of ketones is 1. The molecular formula is C18H10ClN3O2. The predicted molar refractivity (Wildman–Crippen MR) is 93.0 cm³/mol. The summed E-state index contributed by atoms with van der Waals surface area (Å²) in [6.45, 7) is 0. The van der Waals surface area contributed by atoms with Gasteiger partial charge in [0.2, 0.25) is 5.78 Å². The minimum atomic E-state index is -0.317. The highest BCUT2D eigenvalue weighted by molar-refractivity contribution is 6.31. The van der Waals surface area contributed by atoms with Crippen molar-refractivity contribution >= 4 is 34.0 Å². The fraction of sp³-hybridized carbons (Fsp3) is 0.0556. The van der Waals surface area contributed by atoms with E-state index in [-0.39, 0.29) is 17.2 Å². The summed E-state index contributed by atoms with van der Waals surface area (Å²) < 4.78 is 1.33. The van der Waals surface area contributed by atoms with Crippen LogP contribution in [-0.2, 0) is 0 Å². The summed E-state index contributed by atoms with van der Waals surface area (Å²) in [6, 6.07) is 12.4. The molecule has 0 spiro atoms. The number of carbonyl (C=O) groups excluding carboxylic acids is 1. The Bertz CT molecular complexity index is 1140. The molecule has 1 aliphatic heterocycles. The molecule has 5 nitrogen and oxygen atoms in total. The van der Waals surface area contributed by atoms with Gasteiger partial charge in [-0.15, -0.1) is 0 Å². The van der Waals surface area contributed by atoms with E-state index < -0.39 is 0 Å². The lowest BCUT2D eigenvalue weighted by atomic mass is 10.1. The van der Waals surface area contributed by atoms with Crippen LogP contribution in [0.3, 0.4) is 0 Å². The molecule has 1 aliphatic rings. The molecule has 2 heterocycles. The number of terminal acetylenes is 1. The average Bonchev–Trinajstić information content (AvgIpc) is 2.86. The van der Waals surface area contributed by atoms with E-state index in [9.17, 15) is 9.59 Å². The number of hydrogen-bond donors (Lipinski definition) is 0. The molecule has 4 rings (SSSR count). The lowest BCUT2D eigenvalue weighted by Gasteiger charge is -2.12. The highest BCUT2D eigenvalue weighted by Crippen LogP contribution is 2.29. The number of carbonyl (C=O) groups is 1. The molecule has 0 aliphatic carbocycles. The summed E-state index contributed by atoms with van der Waals surface area (Å²) in [7, 11) is 1.73. The molecule has 0 bridgehead atoms. The molecule has 0 N–H and O–H groups in total. The summed E-state index contributed by atoms with van der Waals surface area (Å²) in [4.78, 5) is 31.4. The summed E-state index contributed by atoms with van der Waals surface area (Å²) in [5.74, 6) is -0.229. The first-order valence-electron chi connectivity index (χ1n) is 7.12. The fourth-order valence-corrected chi connectivity index (χ4v) is 3.01. The number of nitrogens with zero attached hydrogens (tertiary/aromatic N) is 3. The van der Waals surface area contributed by atoms with E-state index in [1.807, 2.05) is 0 Å². The van der Waals surface area contributed by atoms with Crippen molar-refractivity contribution < 1.29 is 4.79 Å². The number of hydrogen-bond acceptors (Lipinski definition) is 4. The van der Waals surface area contributed by atoms with Crippen molar-refractivity contribution in [2.75, 3.05) is 11.9 Å². The van der Waals surface area contributed by atoms with Crippen molar-refractivity contribution in [2.45, 2.75) is 0 Å². The highest BCUT2D eigenvalue weighted by Gasteiger charge is 2.30. The van der Waals surface area contributed by atoms with Crippen LogP contribution in [0.25, 0.3) is 16.6 Å². The first kappa shape index (κ1) is 14.5. The molecule has 0 amide bonds. The van der Waals surface area contributed by atoms with E-state index >= 15 is 0 Å². The Morgan fingerprint density at radius 2 is 2.00 bits per heavy atom. The van der Waals surface area contributed by atoms with Gasteiger partial charge >= 0.3 is 0 Å². The fourth-order valence-electron chi connectivity index (χ4n) is 2.84. The van der Waals surface area contributed by atoms with Gasteiger partial charge in [0.25, 0.3) is 5.56 Å². The van der Waals surface area contributed by atoms with Crippen LogP contribution < -0.4 is 10.5 Å². The van der Waals surface area contributed by atoms with Crippen LogP contribution in [0.4, 0.5) is 5.69 Å². The summed E-state index contributed by atoms with van der Waals surface area (Å²) in [6.07, 6.45) is 5.38. The zero-order valence-electron chi connectivity index (χ0n) is 12.6.